The fourth-order valence-corrected chi connectivity index (χ4v) is 3.99. The van der Waals surface area contributed by atoms with Crippen molar-refractivity contribution in [2.75, 3.05) is 19.7 Å². The minimum absolute atomic E-state index is 0.00162. The monoisotopic (exact) mass is 376 g/mol. The zero-order valence-corrected chi connectivity index (χ0v) is 15.7. The molecular weight excluding hydrogens is 352 g/mol. The predicted octanol–water partition coefficient (Wildman–Crippen LogP) is 2.93. The molecule has 1 aromatic heterocycles. The van der Waals surface area contributed by atoms with Gasteiger partial charge in [0.15, 0.2) is 5.82 Å². The summed E-state index contributed by atoms with van der Waals surface area (Å²) in [6, 6.07) is 17.7. The summed E-state index contributed by atoms with van der Waals surface area (Å²) in [7, 11) is 0. The number of benzene rings is 2. The van der Waals surface area contributed by atoms with Gasteiger partial charge < -0.3 is 10.0 Å². The lowest BCUT2D eigenvalue weighted by Crippen LogP contribution is -2.45. The lowest BCUT2D eigenvalue weighted by atomic mass is 9.74. The fourth-order valence-electron chi connectivity index (χ4n) is 3.99. The first kappa shape index (κ1) is 18.4. The van der Waals surface area contributed by atoms with E-state index in [4.69, 9.17) is 0 Å². The number of amides is 1. The molecule has 0 bridgehead atoms. The summed E-state index contributed by atoms with van der Waals surface area (Å²) in [5, 5.41) is 16.8. The molecule has 1 saturated heterocycles. The molecular formula is C22H24N4O2. The van der Waals surface area contributed by atoms with E-state index >= 15 is 0 Å². The number of carbonyl (C=O) groups excluding carboxylic acids is 1. The van der Waals surface area contributed by atoms with Crippen molar-refractivity contribution >= 4 is 5.91 Å². The summed E-state index contributed by atoms with van der Waals surface area (Å²) >= 11 is 0. The Morgan fingerprint density at radius 2 is 1.79 bits per heavy atom. The van der Waals surface area contributed by atoms with Crippen molar-refractivity contribution in [3.8, 4) is 11.4 Å². The SMILES string of the molecule is O=C(c1ccccc1-c1ncn[nH]1)N1CCC(CO)(Cc2ccccc2)CC1. The number of hydrogen-bond acceptors (Lipinski definition) is 4. The highest BCUT2D eigenvalue weighted by molar-refractivity contribution is 6.00. The second kappa shape index (κ2) is 7.94. The van der Waals surface area contributed by atoms with Crippen molar-refractivity contribution in [2.24, 2.45) is 5.41 Å². The number of likely N-dealkylation sites (tertiary alicyclic amines) is 1. The van der Waals surface area contributed by atoms with Crippen LogP contribution in [0.15, 0.2) is 60.9 Å². The largest absolute Gasteiger partial charge is 0.396 e. The molecule has 28 heavy (non-hydrogen) atoms. The summed E-state index contributed by atoms with van der Waals surface area (Å²) in [6.07, 6.45) is 3.85. The lowest BCUT2D eigenvalue weighted by molar-refractivity contribution is 0.0359. The first-order chi connectivity index (χ1) is 13.7. The van der Waals surface area contributed by atoms with E-state index < -0.39 is 0 Å². The Morgan fingerprint density at radius 1 is 1.07 bits per heavy atom. The summed E-state index contributed by atoms with van der Waals surface area (Å²) in [4.78, 5) is 19.2. The van der Waals surface area contributed by atoms with E-state index in [1.165, 1.54) is 11.9 Å². The van der Waals surface area contributed by atoms with Crippen LogP contribution in [0.2, 0.25) is 0 Å². The molecule has 0 unspecified atom stereocenters. The Bertz CT molecular complexity index is 917. The van der Waals surface area contributed by atoms with Crippen LogP contribution < -0.4 is 0 Å². The molecule has 0 saturated carbocycles. The zero-order chi connectivity index (χ0) is 19.4. The van der Waals surface area contributed by atoms with E-state index in [1.54, 1.807) is 0 Å². The molecule has 0 atom stereocenters. The maximum Gasteiger partial charge on any atom is 0.254 e. The van der Waals surface area contributed by atoms with Crippen LogP contribution in [0.4, 0.5) is 0 Å². The van der Waals surface area contributed by atoms with E-state index in [1.807, 2.05) is 47.4 Å². The number of carbonyl (C=O) groups is 1. The first-order valence-electron chi connectivity index (χ1n) is 9.60. The highest BCUT2D eigenvalue weighted by atomic mass is 16.3. The molecule has 0 spiro atoms. The lowest BCUT2D eigenvalue weighted by Gasteiger charge is -2.41. The molecule has 2 aromatic carbocycles. The van der Waals surface area contributed by atoms with Gasteiger partial charge in [0, 0.05) is 30.7 Å². The van der Waals surface area contributed by atoms with Crippen molar-refractivity contribution < 1.29 is 9.90 Å². The Morgan fingerprint density at radius 3 is 2.46 bits per heavy atom. The first-order valence-corrected chi connectivity index (χ1v) is 9.60. The van der Waals surface area contributed by atoms with Gasteiger partial charge >= 0.3 is 0 Å². The molecule has 0 radical (unpaired) electrons. The minimum atomic E-state index is -0.164. The highest BCUT2D eigenvalue weighted by Crippen LogP contribution is 2.35. The number of nitrogens with one attached hydrogen (secondary N) is 1. The molecule has 6 heteroatoms. The Hall–Kier alpha value is -2.99. The van der Waals surface area contributed by atoms with Crippen molar-refractivity contribution in [2.45, 2.75) is 19.3 Å². The minimum Gasteiger partial charge on any atom is -0.396 e. The van der Waals surface area contributed by atoms with Crippen molar-refractivity contribution in [1.29, 1.82) is 0 Å². The smallest absolute Gasteiger partial charge is 0.254 e. The molecule has 6 nitrogen and oxygen atoms in total. The number of rotatable bonds is 5. The Balaban J connectivity index is 1.49. The number of aliphatic hydroxyl groups is 1. The van der Waals surface area contributed by atoms with Crippen molar-refractivity contribution in [1.82, 2.24) is 20.1 Å². The third-order valence-electron chi connectivity index (χ3n) is 5.70. The van der Waals surface area contributed by atoms with Crippen LogP contribution in [0, 0.1) is 5.41 Å². The molecule has 144 valence electrons. The van der Waals surface area contributed by atoms with E-state index in [-0.39, 0.29) is 17.9 Å². The molecule has 1 aliphatic heterocycles. The zero-order valence-electron chi connectivity index (χ0n) is 15.7. The van der Waals surface area contributed by atoms with Gasteiger partial charge in [-0.15, -0.1) is 0 Å². The molecule has 2 heterocycles. The van der Waals surface area contributed by atoms with Gasteiger partial charge in [0.25, 0.3) is 5.91 Å². The summed E-state index contributed by atoms with van der Waals surface area (Å²) in [5.74, 6) is 0.591. The average Bonchev–Trinajstić information content (AvgIpc) is 3.29. The van der Waals surface area contributed by atoms with Gasteiger partial charge in [-0.1, -0.05) is 48.5 Å². The molecule has 2 N–H and O–H groups in total. The summed E-state index contributed by atoms with van der Waals surface area (Å²) in [5.41, 5.74) is 2.45. The number of piperidine rings is 1. The van der Waals surface area contributed by atoms with Crippen LogP contribution in [0.5, 0.6) is 0 Å². The van der Waals surface area contributed by atoms with Crippen LogP contribution in [0.3, 0.4) is 0 Å². The van der Waals surface area contributed by atoms with Gasteiger partial charge in [-0.05, 0) is 30.9 Å². The molecule has 1 fully saturated rings. The number of hydrogen-bond donors (Lipinski definition) is 2. The predicted molar refractivity (Wildman–Crippen MR) is 107 cm³/mol. The van der Waals surface area contributed by atoms with Gasteiger partial charge in [-0.2, -0.15) is 5.10 Å². The normalized spacial score (nSPS) is 16.1. The Labute approximate surface area is 164 Å². The third kappa shape index (κ3) is 3.68. The van der Waals surface area contributed by atoms with Crippen LogP contribution in [-0.2, 0) is 6.42 Å². The highest BCUT2D eigenvalue weighted by Gasteiger charge is 2.36. The second-order valence-corrected chi connectivity index (χ2v) is 7.49. The van der Waals surface area contributed by atoms with Gasteiger partial charge in [0.05, 0.1) is 5.56 Å². The molecule has 1 amide bonds. The van der Waals surface area contributed by atoms with Crippen LogP contribution in [-0.4, -0.2) is 50.8 Å². The molecule has 1 aliphatic rings. The maximum absolute atomic E-state index is 13.2. The summed E-state index contributed by atoms with van der Waals surface area (Å²) in [6.45, 7) is 1.41. The number of H-pyrrole nitrogens is 1. The number of aromatic nitrogens is 3. The molecule has 0 aliphatic carbocycles. The number of aromatic amines is 1. The number of aliphatic hydroxyl groups excluding tert-OH is 1. The van der Waals surface area contributed by atoms with Crippen LogP contribution in [0.1, 0.15) is 28.8 Å². The second-order valence-electron chi connectivity index (χ2n) is 7.49. The third-order valence-corrected chi connectivity index (χ3v) is 5.70. The number of nitrogens with zero attached hydrogens (tertiary/aromatic N) is 3. The van der Waals surface area contributed by atoms with E-state index in [9.17, 15) is 9.90 Å². The van der Waals surface area contributed by atoms with Gasteiger partial charge in [0.2, 0.25) is 0 Å². The van der Waals surface area contributed by atoms with E-state index in [2.05, 4.69) is 27.3 Å². The van der Waals surface area contributed by atoms with Gasteiger partial charge in [0.1, 0.15) is 6.33 Å². The van der Waals surface area contributed by atoms with Crippen LogP contribution >= 0.6 is 0 Å². The maximum atomic E-state index is 13.2. The molecule has 4 rings (SSSR count). The summed E-state index contributed by atoms with van der Waals surface area (Å²) < 4.78 is 0. The topological polar surface area (TPSA) is 82.1 Å². The average molecular weight is 376 g/mol. The van der Waals surface area contributed by atoms with Crippen LogP contribution in [0.25, 0.3) is 11.4 Å². The standard InChI is InChI=1S/C22H24N4O2/c27-15-22(14-17-6-2-1-3-7-17)10-12-26(13-11-22)21(28)19-9-5-4-8-18(19)20-23-16-24-25-20/h1-9,16,27H,10-15H2,(H,23,24,25). The molecule has 3 aromatic rings. The van der Waals surface area contributed by atoms with Gasteiger partial charge in [-0.25, -0.2) is 4.98 Å². The van der Waals surface area contributed by atoms with Crippen molar-refractivity contribution in [3.05, 3.63) is 72.1 Å². The quantitative estimate of drug-likeness (QED) is 0.717. The van der Waals surface area contributed by atoms with E-state index in [0.717, 1.165) is 24.8 Å². The Kier molecular flexibility index (Phi) is 5.21. The van der Waals surface area contributed by atoms with Crippen molar-refractivity contribution in [3.63, 3.8) is 0 Å². The van der Waals surface area contributed by atoms with Gasteiger partial charge in [-0.3, -0.25) is 9.89 Å². The van der Waals surface area contributed by atoms with E-state index in [0.29, 0.717) is 24.5 Å². The fraction of sp³-hybridized carbons (Fsp3) is 0.318.